The highest BCUT2D eigenvalue weighted by atomic mass is 16.3. The predicted molar refractivity (Wildman–Crippen MR) is 69.0 cm³/mol. The Bertz CT molecular complexity index is 372. The molecule has 3 rings (SSSR count). The van der Waals surface area contributed by atoms with Gasteiger partial charge in [0.1, 0.15) is 0 Å². The van der Waals surface area contributed by atoms with Crippen LogP contribution in [0.3, 0.4) is 0 Å². The number of rotatable bonds is 3. The molecule has 2 nitrogen and oxygen atoms in total. The summed E-state index contributed by atoms with van der Waals surface area (Å²) < 4.78 is 0. The lowest BCUT2D eigenvalue weighted by Crippen LogP contribution is -2.42. The molecule has 1 heterocycles. The van der Waals surface area contributed by atoms with Crippen molar-refractivity contribution < 1.29 is 5.11 Å². The lowest BCUT2D eigenvalue weighted by molar-refractivity contribution is 0.0656. The van der Waals surface area contributed by atoms with E-state index in [0.29, 0.717) is 5.41 Å². The molecule has 2 heteroatoms. The standard InChI is InChI=1S/C15H21NO/c17-14-7-4-10-16(11-14)12-15(8-9-15)13-5-2-1-3-6-13/h1-3,5-6,14,17H,4,7-12H2/t14-/m0/s1. The zero-order valence-corrected chi connectivity index (χ0v) is 10.3. The average Bonchev–Trinajstić information content (AvgIpc) is 3.11. The molecule has 2 fully saturated rings. The van der Waals surface area contributed by atoms with Gasteiger partial charge in [0.05, 0.1) is 6.10 Å². The molecule has 2 aliphatic rings. The molecule has 0 unspecified atom stereocenters. The number of piperidine rings is 1. The van der Waals surface area contributed by atoms with E-state index in [1.807, 2.05) is 0 Å². The van der Waals surface area contributed by atoms with Gasteiger partial charge in [0.15, 0.2) is 0 Å². The molecule has 0 aromatic heterocycles. The molecule has 1 aromatic rings. The topological polar surface area (TPSA) is 23.5 Å². The van der Waals surface area contributed by atoms with Gasteiger partial charge in [0.2, 0.25) is 0 Å². The van der Waals surface area contributed by atoms with E-state index < -0.39 is 0 Å². The van der Waals surface area contributed by atoms with Crippen molar-refractivity contribution in [1.29, 1.82) is 0 Å². The van der Waals surface area contributed by atoms with Crippen molar-refractivity contribution in [1.82, 2.24) is 4.90 Å². The Hall–Kier alpha value is -0.860. The van der Waals surface area contributed by atoms with Gasteiger partial charge in [-0.25, -0.2) is 0 Å². The molecule has 1 aromatic carbocycles. The first-order valence-electron chi connectivity index (χ1n) is 6.74. The van der Waals surface area contributed by atoms with Gasteiger partial charge in [-0.3, -0.25) is 4.90 Å². The molecular formula is C15H21NO. The minimum Gasteiger partial charge on any atom is -0.392 e. The summed E-state index contributed by atoms with van der Waals surface area (Å²) in [5.74, 6) is 0. The summed E-state index contributed by atoms with van der Waals surface area (Å²) in [6.07, 6.45) is 4.64. The Morgan fingerprint density at radius 2 is 2.00 bits per heavy atom. The summed E-state index contributed by atoms with van der Waals surface area (Å²) in [6.45, 7) is 3.16. The van der Waals surface area contributed by atoms with Crippen molar-refractivity contribution in [3.63, 3.8) is 0 Å². The van der Waals surface area contributed by atoms with Gasteiger partial charge in [-0.2, -0.15) is 0 Å². The van der Waals surface area contributed by atoms with E-state index >= 15 is 0 Å². The van der Waals surface area contributed by atoms with Crippen molar-refractivity contribution in [2.24, 2.45) is 0 Å². The Labute approximate surface area is 103 Å². The van der Waals surface area contributed by atoms with Gasteiger partial charge in [0.25, 0.3) is 0 Å². The molecular weight excluding hydrogens is 210 g/mol. The molecule has 0 amide bonds. The van der Waals surface area contributed by atoms with Gasteiger partial charge in [-0.1, -0.05) is 30.3 Å². The van der Waals surface area contributed by atoms with Crippen LogP contribution in [0.5, 0.6) is 0 Å². The molecule has 0 spiro atoms. The van der Waals surface area contributed by atoms with Crippen LogP contribution in [-0.4, -0.2) is 35.7 Å². The summed E-state index contributed by atoms with van der Waals surface area (Å²) in [7, 11) is 0. The van der Waals surface area contributed by atoms with Crippen LogP contribution in [0.1, 0.15) is 31.2 Å². The van der Waals surface area contributed by atoms with Crippen LogP contribution in [-0.2, 0) is 5.41 Å². The lowest BCUT2D eigenvalue weighted by Gasteiger charge is -2.33. The van der Waals surface area contributed by atoms with E-state index in [0.717, 1.165) is 32.5 Å². The molecule has 1 saturated carbocycles. The highest BCUT2D eigenvalue weighted by Gasteiger charge is 2.45. The summed E-state index contributed by atoms with van der Waals surface area (Å²) in [5, 5.41) is 9.73. The fraction of sp³-hybridized carbons (Fsp3) is 0.600. The van der Waals surface area contributed by atoms with Gasteiger partial charge in [0, 0.05) is 18.5 Å². The van der Waals surface area contributed by atoms with Gasteiger partial charge in [-0.15, -0.1) is 0 Å². The van der Waals surface area contributed by atoms with Crippen LogP contribution in [0, 0.1) is 0 Å². The first kappa shape index (κ1) is 11.2. The molecule has 1 aliphatic heterocycles. The maximum Gasteiger partial charge on any atom is 0.0667 e. The Kier molecular flexibility index (Phi) is 2.93. The van der Waals surface area contributed by atoms with E-state index in [-0.39, 0.29) is 6.10 Å². The van der Waals surface area contributed by atoms with Crippen LogP contribution >= 0.6 is 0 Å². The first-order chi connectivity index (χ1) is 8.28. The van der Waals surface area contributed by atoms with Crippen LogP contribution < -0.4 is 0 Å². The van der Waals surface area contributed by atoms with E-state index in [4.69, 9.17) is 0 Å². The van der Waals surface area contributed by atoms with Crippen LogP contribution in [0.2, 0.25) is 0 Å². The highest BCUT2D eigenvalue weighted by Crippen LogP contribution is 2.48. The van der Waals surface area contributed by atoms with Crippen molar-refractivity contribution >= 4 is 0 Å². The highest BCUT2D eigenvalue weighted by molar-refractivity contribution is 5.31. The normalized spacial score (nSPS) is 27.9. The number of likely N-dealkylation sites (tertiary alicyclic amines) is 1. The summed E-state index contributed by atoms with van der Waals surface area (Å²) in [5.41, 5.74) is 1.89. The van der Waals surface area contributed by atoms with E-state index in [1.54, 1.807) is 0 Å². The van der Waals surface area contributed by atoms with Crippen LogP contribution in [0.4, 0.5) is 0 Å². The Morgan fingerprint density at radius 1 is 1.24 bits per heavy atom. The third kappa shape index (κ3) is 2.38. The maximum atomic E-state index is 9.73. The lowest BCUT2D eigenvalue weighted by atomic mass is 9.94. The SMILES string of the molecule is O[C@H]1CCCN(CC2(c3ccccc3)CC2)C1. The van der Waals surface area contributed by atoms with E-state index in [1.165, 1.54) is 18.4 Å². The molecule has 92 valence electrons. The number of hydrogen-bond donors (Lipinski definition) is 1. The third-order valence-corrected chi connectivity index (χ3v) is 4.25. The number of nitrogens with zero attached hydrogens (tertiary/aromatic N) is 1. The molecule has 0 radical (unpaired) electrons. The van der Waals surface area contributed by atoms with Crippen LogP contribution in [0.15, 0.2) is 30.3 Å². The monoisotopic (exact) mass is 231 g/mol. The quantitative estimate of drug-likeness (QED) is 0.862. The van der Waals surface area contributed by atoms with E-state index in [2.05, 4.69) is 35.2 Å². The number of hydrogen-bond acceptors (Lipinski definition) is 2. The van der Waals surface area contributed by atoms with Crippen molar-refractivity contribution in [3.8, 4) is 0 Å². The number of β-amino-alcohol motifs (C(OH)–C–C–N with tert-alkyl or cyclic N) is 1. The largest absolute Gasteiger partial charge is 0.392 e. The summed E-state index contributed by atoms with van der Waals surface area (Å²) >= 11 is 0. The second-order valence-corrected chi connectivity index (χ2v) is 5.68. The smallest absolute Gasteiger partial charge is 0.0667 e. The zero-order valence-electron chi connectivity index (χ0n) is 10.3. The van der Waals surface area contributed by atoms with Crippen molar-refractivity contribution in [3.05, 3.63) is 35.9 Å². The molecule has 17 heavy (non-hydrogen) atoms. The fourth-order valence-electron chi connectivity index (χ4n) is 3.08. The van der Waals surface area contributed by atoms with Gasteiger partial charge < -0.3 is 5.11 Å². The second-order valence-electron chi connectivity index (χ2n) is 5.68. The van der Waals surface area contributed by atoms with E-state index in [9.17, 15) is 5.11 Å². The number of aliphatic hydroxyl groups is 1. The third-order valence-electron chi connectivity index (χ3n) is 4.25. The first-order valence-corrected chi connectivity index (χ1v) is 6.74. The van der Waals surface area contributed by atoms with Gasteiger partial charge in [-0.05, 0) is 37.8 Å². The summed E-state index contributed by atoms with van der Waals surface area (Å²) in [6, 6.07) is 10.9. The maximum absolute atomic E-state index is 9.73. The minimum absolute atomic E-state index is 0.102. The Balaban J connectivity index is 1.68. The molecule has 1 N–H and O–H groups in total. The Morgan fingerprint density at radius 3 is 2.65 bits per heavy atom. The zero-order chi connectivity index (χ0) is 11.7. The minimum atomic E-state index is -0.102. The molecule has 0 bridgehead atoms. The predicted octanol–water partition coefficient (Wildman–Crippen LogP) is 2.17. The van der Waals surface area contributed by atoms with Gasteiger partial charge >= 0.3 is 0 Å². The molecule has 1 aliphatic carbocycles. The van der Waals surface area contributed by atoms with Crippen LogP contribution in [0.25, 0.3) is 0 Å². The molecule has 1 atom stereocenters. The number of aliphatic hydroxyl groups excluding tert-OH is 1. The summed E-state index contributed by atoms with van der Waals surface area (Å²) in [4.78, 5) is 2.45. The van der Waals surface area contributed by atoms with Crippen molar-refractivity contribution in [2.75, 3.05) is 19.6 Å². The second kappa shape index (κ2) is 4.43. The fourth-order valence-corrected chi connectivity index (χ4v) is 3.08. The number of benzene rings is 1. The van der Waals surface area contributed by atoms with Crippen molar-refractivity contribution in [2.45, 2.75) is 37.2 Å². The molecule has 1 saturated heterocycles. The average molecular weight is 231 g/mol.